The number of amides is 1. The second-order valence-corrected chi connectivity index (χ2v) is 9.33. The number of H-pyrrole nitrogens is 1. The van der Waals surface area contributed by atoms with Crippen LogP contribution in [0.2, 0.25) is 0 Å². The van der Waals surface area contributed by atoms with Gasteiger partial charge in [-0.1, -0.05) is 0 Å². The molecular formula is C27H31N7O2. The first-order valence-corrected chi connectivity index (χ1v) is 12.2. The van der Waals surface area contributed by atoms with Crippen molar-refractivity contribution in [2.75, 3.05) is 58.7 Å². The molecule has 186 valence electrons. The third-order valence-corrected chi connectivity index (χ3v) is 6.55. The third kappa shape index (κ3) is 5.17. The molecule has 1 saturated heterocycles. The molecule has 1 amide bonds. The van der Waals surface area contributed by atoms with Gasteiger partial charge in [0.25, 0.3) is 5.91 Å². The van der Waals surface area contributed by atoms with Crippen LogP contribution in [0, 0.1) is 0 Å². The number of likely N-dealkylation sites (N-methyl/N-ethyl adjacent to an activating group) is 1. The Balaban J connectivity index is 1.26. The van der Waals surface area contributed by atoms with Crippen LogP contribution in [0.25, 0.3) is 16.9 Å². The number of fused-ring (bicyclic) bond motifs is 1. The number of anilines is 2. The fraction of sp³-hybridized carbons (Fsp3) is 0.296. The van der Waals surface area contributed by atoms with Gasteiger partial charge >= 0.3 is 0 Å². The number of aromatic nitrogens is 3. The Morgan fingerprint density at radius 3 is 2.56 bits per heavy atom. The summed E-state index contributed by atoms with van der Waals surface area (Å²) in [6.07, 6.45) is 5.25. The van der Waals surface area contributed by atoms with E-state index in [-0.39, 0.29) is 11.5 Å². The summed E-state index contributed by atoms with van der Waals surface area (Å²) in [6, 6.07) is 14.9. The summed E-state index contributed by atoms with van der Waals surface area (Å²) in [4.78, 5) is 38.5. The number of nitrogens with zero attached hydrogens (tertiary/aromatic N) is 5. The van der Waals surface area contributed by atoms with E-state index < -0.39 is 0 Å². The number of carbonyl (C=O) groups excluding carboxylic acids is 1. The van der Waals surface area contributed by atoms with Crippen molar-refractivity contribution in [1.82, 2.24) is 29.1 Å². The topological polar surface area (TPSA) is 89.0 Å². The highest BCUT2D eigenvalue weighted by Crippen LogP contribution is 2.27. The van der Waals surface area contributed by atoms with Gasteiger partial charge < -0.3 is 20.1 Å². The fourth-order valence-electron chi connectivity index (χ4n) is 4.50. The number of aromatic amines is 1. The van der Waals surface area contributed by atoms with Crippen molar-refractivity contribution in [3.63, 3.8) is 0 Å². The Morgan fingerprint density at radius 2 is 1.83 bits per heavy atom. The second kappa shape index (κ2) is 10.3. The van der Waals surface area contributed by atoms with Crippen molar-refractivity contribution in [2.45, 2.75) is 0 Å². The van der Waals surface area contributed by atoms with Gasteiger partial charge in [0.1, 0.15) is 0 Å². The van der Waals surface area contributed by atoms with Crippen LogP contribution in [-0.4, -0.2) is 88.3 Å². The Bertz CT molecular complexity index is 1400. The van der Waals surface area contributed by atoms with Crippen molar-refractivity contribution >= 4 is 22.9 Å². The van der Waals surface area contributed by atoms with Gasteiger partial charge in [0.15, 0.2) is 5.65 Å². The molecule has 1 aliphatic heterocycles. The van der Waals surface area contributed by atoms with Crippen LogP contribution >= 0.6 is 0 Å². The molecule has 0 unspecified atom stereocenters. The molecule has 36 heavy (non-hydrogen) atoms. The zero-order chi connectivity index (χ0) is 25.1. The number of hydrogen-bond donors (Lipinski definition) is 2. The number of piperazine rings is 1. The average molecular weight is 486 g/mol. The van der Waals surface area contributed by atoms with E-state index in [1.807, 2.05) is 58.0 Å². The van der Waals surface area contributed by atoms with Crippen LogP contribution in [0.3, 0.4) is 0 Å². The van der Waals surface area contributed by atoms with E-state index in [1.54, 1.807) is 18.5 Å². The quantitative estimate of drug-likeness (QED) is 0.419. The fourth-order valence-corrected chi connectivity index (χ4v) is 4.50. The maximum absolute atomic E-state index is 13.0. The third-order valence-electron chi connectivity index (χ3n) is 6.55. The molecule has 1 aliphatic rings. The molecule has 0 atom stereocenters. The summed E-state index contributed by atoms with van der Waals surface area (Å²) in [7, 11) is 4.17. The molecule has 5 rings (SSSR count). The van der Waals surface area contributed by atoms with Gasteiger partial charge in [0, 0.05) is 80.7 Å². The molecule has 0 spiro atoms. The largest absolute Gasteiger partial charge is 0.352 e. The molecule has 1 fully saturated rings. The average Bonchev–Trinajstić information content (AvgIpc) is 3.39. The first kappa shape index (κ1) is 23.8. The predicted octanol–water partition coefficient (Wildman–Crippen LogP) is 2.75. The molecule has 0 radical (unpaired) electrons. The molecule has 3 aromatic heterocycles. The monoisotopic (exact) mass is 485 g/mol. The molecular weight excluding hydrogens is 454 g/mol. The van der Waals surface area contributed by atoms with Crippen LogP contribution in [-0.2, 0) is 0 Å². The normalized spacial score (nSPS) is 14.5. The SMILES string of the molecule is CN(C)CCN1CCN(C(=O)c2ccc(Nc3ccc(-c4cc[nH]c(=O)c4)n4ccnc34)cc2)CC1. The summed E-state index contributed by atoms with van der Waals surface area (Å²) >= 11 is 0. The summed E-state index contributed by atoms with van der Waals surface area (Å²) in [5, 5.41) is 3.41. The highest BCUT2D eigenvalue weighted by Gasteiger charge is 2.22. The highest BCUT2D eigenvalue weighted by molar-refractivity contribution is 5.94. The van der Waals surface area contributed by atoms with Crippen LogP contribution in [0.15, 0.2) is 71.9 Å². The van der Waals surface area contributed by atoms with Gasteiger partial charge in [-0.25, -0.2) is 4.98 Å². The molecule has 0 bridgehead atoms. The van der Waals surface area contributed by atoms with Crippen LogP contribution < -0.4 is 10.9 Å². The van der Waals surface area contributed by atoms with E-state index in [9.17, 15) is 9.59 Å². The minimum Gasteiger partial charge on any atom is -0.352 e. The zero-order valence-corrected chi connectivity index (χ0v) is 20.6. The van der Waals surface area contributed by atoms with Gasteiger partial charge in [-0.2, -0.15) is 0 Å². The lowest BCUT2D eigenvalue weighted by Crippen LogP contribution is -2.49. The lowest BCUT2D eigenvalue weighted by Gasteiger charge is -2.35. The van der Waals surface area contributed by atoms with Gasteiger partial charge in [0.2, 0.25) is 5.56 Å². The minimum atomic E-state index is -0.149. The zero-order valence-electron chi connectivity index (χ0n) is 20.6. The molecule has 9 heteroatoms. The summed E-state index contributed by atoms with van der Waals surface area (Å²) in [6.45, 7) is 5.39. The maximum atomic E-state index is 13.0. The summed E-state index contributed by atoms with van der Waals surface area (Å²) in [5.41, 5.74) is 4.69. The first-order valence-electron chi connectivity index (χ1n) is 12.2. The Hall–Kier alpha value is -3.95. The second-order valence-electron chi connectivity index (χ2n) is 9.33. The highest BCUT2D eigenvalue weighted by atomic mass is 16.2. The van der Waals surface area contributed by atoms with E-state index >= 15 is 0 Å². The number of hydrogen-bond acceptors (Lipinski definition) is 6. The molecule has 4 aromatic rings. The Kier molecular flexibility index (Phi) is 6.84. The van der Waals surface area contributed by atoms with E-state index in [4.69, 9.17) is 0 Å². The number of benzene rings is 1. The Labute approximate surface area is 210 Å². The van der Waals surface area contributed by atoms with Crippen LogP contribution in [0.1, 0.15) is 10.4 Å². The van der Waals surface area contributed by atoms with E-state index in [0.29, 0.717) is 5.56 Å². The standard InChI is InChI=1S/C27H31N7O2/c1-31(2)13-14-32-15-17-33(18-16-32)27(36)20-3-5-22(6-4-20)30-23-7-8-24(34-12-11-29-26(23)34)21-9-10-28-25(35)19-21/h3-12,19,30H,13-18H2,1-2H3,(H,28,35). The maximum Gasteiger partial charge on any atom is 0.253 e. The van der Waals surface area contributed by atoms with Crippen molar-refractivity contribution < 1.29 is 4.79 Å². The van der Waals surface area contributed by atoms with E-state index in [0.717, 1.165) is 67.5 Å². The molecule has 0 saturated carbocycles. The molecule has 1 aromatic carbocycles. The van der Waals surface area contributed by atoms with Gasteiger partial charge in [0.05, 0.1) is 11.4 Å². The number of nitrogens with one attached hydrogen (secondary N) is 2. The lowest BCUT2D eigenvalue weighted by molar-refractivity contribution is 0.0630. The molecule has 0 aliphatic carbocycles. The number of pyridine rings is 2. The van der Waals surface area contributed by atoms with Gasteiger partial charge in [-0.05, 0) is 56.6 Å². The summed E-state index contributed by atoms with van der Waals surface area (Å²) in [5.74, 6) is 0.0756. The van der Waals surface area contributed by atoms with E-state index in [2.05, 4.69) is 39.2 Å². The van der Waals surface area contributed by atoms with Crippen molar-refractivity contribution in [3.8, 4) is 11.3 Å². The van der Waals surface area contributed by atoms with E-state index in [1.165, 1.54) is 0 Å². The minimum absolute atomic E-state index is 0.0756. The van der Waals surface area contributed by atoms with Gasteiger partial charge in [-0.3, -0.25) is 18.9 Å². The van der Waals surface area contributed by atoms with Crippen molar-refractivity contribution in [2.24, 2.45) is 0 Å². The predicted molar refractivity (Wildman–Crippen MR) is 142 cm³/mol. The molecule has 4 heterocycles. The Morgan fingerprint density at radius 1 is 1.06 bits per heavy atom. The molecule has 2 N–H and O–H groups in total. The molecule has 9 nitrogen and oxygen atoms in total. The van der Waals surface area contributed by atoms with Crippen molar-refractivity contribution in [1.29, 1.82) is 0 Å². The van der Waals surface area contributed by atoms with Crippen LogP contribution in [0.4, 0.5) is 11.4 Å². The smallest absolute Gasteiger partial charge is 0.253 e. The van der Waals surface area contributed by atoms with Crippen molar-refractivity contribution in [3.05, 3.63) is 83.0 Å². The number of rotatable bonds is 7. The lowest BCUT2D eigenvalue weighted by atomic mass is 10.1. The van der Waals surface area contributed by atoms with Gasteiger partial charge in [-0.15, -0.1) is 0 Å². The first-order chi connectivity index (χ1) is 17.5. The summed E-state index contributed by atoms with van der Waals surface area (Å²) < 4.78 is 1.95. The number of imidazole rings is 1. The number of carbonyl (C=O) groups is 1. The van der Waals surface area contributed by atoms with Crippen LogP contribution in [0.5, 0.6) is 0 Å².